The molecule has 2 N–H and O–H groups in total. The van der Waals surface area contributed by atoms with Gasteiger partial charge in [-0.25, -0.2) is 4.79 Å². The highest BCUT2D eigenvalue weighted by molar-refractivity contribution is 7.08. The molecule has 0 spiro atoms. The molecule has 1 aliphatic rings. The smallest absolute Gasteiger partial charge is 0.322 e. The van der Waals surface area contributed by atoms with Crippen molar-refractivity contribution in [1.82, 2.24) is 9.88 Å². The number of amides is 3. The topological polar surface area (TPSA) is 74.3 Å². The molecule has 7 heteroatoms. The van der Waals surface area contributed by atoms with Crippen molar-refractivity contribution in [2.75, 3.05) is 17.2 Å². The molecule has 3 amide bonds. The average molecular weight is 392 g/mol. The molecule has 2 aromatic heterocycles. The molecule has 1 atom stereocenters. The zero-order chi connectivity index (χ0) is 19.3. The molecule has 28 heavy (non-hydrogen) atoms. The van der Waals surface area contributed by atoms with E-state index >= 15 is 0 Å². The number of urea groups is 1. The molecule has 1 saturated heterocycles. The third-order valence-electron chi connectivity index (χ3n) is 4.74. The molecule has 1 aromatic carbocycles. The third kappa shape index (κ3) is 4.04. The minimum absolute atomic E-state index is 0.121. The lowest BCUT2D eigenvalue weighted by Crippen LogP contribution is -2.34. The minimum Gasteiger partial charge on any atom is -0.322 e. The van der Waals surface area contributed by atoms with Crippen LogP contribution in [0.15, 0.2) is 65.6 Å². The van der Waals surface area contributed by atoms with E-state index in [1.165, 1.54) is 11.8 Å². The first kappa shape index (κ1) is 18.2. The van der Waals surface area contributed by atoms with Crippen LogP contribution in [-0.2, 0) is 0 Å². The highest BCUT2D eigenvalue weighted by Crippen LogP contribution is 2.33. The zero-order valence-electron chi connectivity index (χ0n) is 15.2. The van der Waals surface area contributed by atoms with E-state index in [9.17, 15) is 9.59 Å². The van der Waals surface area contributed by atoms with Gasteiger partial charge in [-0.15, -0.1) is 0 Å². The van der Waals surface area contributed by atoms with Crippen molar-refractivity contribution in [3.63, 3.8) is 0 Å². The number of hydrogen-bond donors (Lipinski definition) is 2. The Labute approximate surface area is 167 Å². The van der Waals surface area contributed by atoms with E-state index in [4.69, 9.17) is 0 Å². The molecule has 4 rings (SSSR count). The number of pyridine rings is 1. The van der Waals surface area contributed by atoms with Gasteiger partial charge in [-0.2, -0.15) is 11.3 Å². The summed E-state index contributed by atoms with van der Waals surface area (Å²) in [4.78, 5) is 30.9. The molecule has 3 heterocycles. The maximum atomic E-state index is 12.8. The van der Waals surface area contributed by atoms with E-state index in [1.54, 1.807) is 47.9 Å². The quantitative estimate of drug-likeness (QED) is 0.672. The van der Waals surface area contributed by atoms with E-state index in [0.717, 1.165) is 19.4 Å². The van der Waals surface area contributed by atoms with E-state index in [0.29, 0.717) is 16.9 Å². The second-order valence-corrected chi connectivity index (χ2v) is 7.39. The van der Waals surface area contributed by atoms with Crippen LogP contribution in [0.1, 0.15) is 34.8 Å². The van der Waals surface area contributed by atoms with Crippen molar-refractivity contribution in [3.8, 4) is 0 Å². The SMILES string of the molecule is O=C(Nc1cccc(NC(=O)N2CCC[C@@H]2c2ccsc2)c1)c1cccnc1. The van der Waals surface area contributed by atoms with Gasteiger partial charge in [0.1, 0.15) is 0 Å². The number of nitrogens with zero attached hydrogens (tertiary/aromatic N) is 2. The Kier molecular flexibility index (Phi) is 5.34. The number of benzene rings is 1. The minimum atomic E-state index is -0.242. The molecule has 6 nitrogen and oxygen atoms in total. The number of rotatable bonds is 4. The van der Waals surface area contributed by atoms with Crippen LogP contribution in [0.5, 0.6) is 0 Å². The van der Waals surface area contributed by atoms with Crippen LogP contribution in [0, 0.1) is 0 Å². The van der Waals surface area contributed by atoms with Crippen molar-refractivity contribution in [2.45, 2.75) is 18.9 Å². The fraction of sp³-hybridized carbons (Fsp3) is 0.190. The molecule has 0 bridgehead atoms. The predicted molar refractivity (Wildman–Crippen MR) is 111 cm³/mol. The summed E-state index contributed by atoms with van der Waals surface area (Å²) in [5.41, 5.74) is 2.93. The summed E-state index contributed by atoms with van der Waals surface area (Å²) in [6.45, 7) is 0.740. The molecular weight excluding hydrogens is 372 g/mol. The maximum Gasteiger partial charge on any atom is 0.322 e. The Balaban J connectivity index is 1.43. The first-order chi connectivity index (χ1) is 13.7. The van der Waals surface area contributed by atoms with Gasteiger partial charge in [0.2, 0.25) is 0 Å². The van der Waals surface area contributed by atoms with Crippen LogP contribution < -0.4 is 10.6 Å². The molecule has 142 valence electrons. The highest BCUT2D eigenvalue weighted by atomic mass is 32.1. The normalized spacial score (nSPS) is 16.0. The van der Waals surface area contributed by atoms with Gasteiger partial charge in [0.25, 0.3) is 5.91 Å². The van der Waals surface area contributed by atoms with E-state index in [-0.39, 0.29) is 18.0 Å². The van der Waals surface area contributed by atoms with Crippen molar-refractivity contribution in [1.29, 1.82) is 0 Å². The fourth-order valence-corrected chi connectivity index (χ4v) is 4.10. The van der Waals surface area contributed by atoms with Gasteiger partial charge in [0.15, 0.2) is 0 Å². The number of nitrogens with one attached hydrogen (secondary N) is 2. The summed E-state index contributed by atoms with van der Waals surface area (Å²) >= 11 is 1.65. The standard InChI is InChI=1S/C21H20N4O2S/c26-20(15-4-2-9-22-13-15)23-17-5-1-6-18(12-17)24-21(27)25-10-3-7-19(25)16-8-11-28-14-16/h1-2,4-6,8-9,11-14,19H,3,7,10H2,(H,23,26)(H,24,27)/t19-/m1/s1. The van der Waals surface area contributed by atoms with Crippen molar-refractivity contribution < 1.29 is 9.59 Å². The first-order valence-corrected chi connectivity index (χ1v) is 10.1. The maximum absolute atomic E-state index is 12.8. The van der Waals surface area contributed by atoms with Crippen molar-refractivity contribution >= 4 is 34.6 Å². The van der Waals surface area contributed by atoms with Gasteiger partial charge < -0.3 is 15.5 Å². The Morgan fingerprint density at radius 3 is 2.71 bits per heavy atom. The highest BCUT2D eigenvalue weighted by Gasteiger charge is 2.30. The van der Waals surface area contributed by atoms with Crippen molar-refractivity contribution in [3.05, 3.63) is 76.7 Å². The van der Waals surface area contributed by atoms with Crippen LogP contribution in [-0.4, -0.2) is 28.4 Å². The summed E-state index contributed by atoms with van der Waals surface area (Å²) in [5.74, 6) is -0.242. The van der Waals surface area contributed by atoms with Gasteiger partial charge in [-0.1, -0.05) is 6.07 Å². The molecular formula is C21H20N4O2S. The fourth-order valence-electron chi connectivity index (χ4n) is 3.39. The Bertz CT molecular complexity index is 960. The molecule has 1 aliphatic heterocycles. The second-order valence-electron chi connectivity index (χ2n) is 6.61. The number of carbonyl (C=O) groups is 2. The summed E-state index contributed by atoms with van der Waals surface area (Å²) in [7, 11) is 0. The molecule has 0 aliphatic carbocycles. The van der Waals surface area contributed by atoms with E-state index < -0.39 is 0 Å². The number of carbonyl (C=O) groups excluding carboxylic acids is 2. The number of aromatic nitrogens is 1. The predicted octanol–water partition coefficient (Wildman–Crippen LogP) is 4.76. The molecule has 0 unspecified atom stereocenters. The van der Waals surface area contributed by atoms with Crippen LogP contribution in [0.3, 0.4) is 0 Å². The summed E-state index contributed by atoms with van der Waals surface area (Å²) < 4.78 is 0. The Morgan fingerprint density at radius 1 is 1.11 bits per heavy atom. The summed E-state index contributed by atoms with van der Waals surface area (Å²) in [5, 5.41) is 9.93. The van der Waals surface area contributed by atoms with E-state index in [1.807, 2.05) is 16.3 Å². The van der Waals surface area contributed by atoms with Gasteiger partial charge in [0, 0.05) is 30.3 Å². The molecule has 3 aromatic rings. The van der Waals surface area contributed by atoms with Gasteiger partial charge in [0.05, 0.1) is 11.6 Å². The number of anilines is 2. The summed E-state index contributed by atoms with van der Waals surface area (Å²) in [6, 6.07) is 12.6. The number of thiophene rings is 1. The van der Waals surface area contributed by atoms with Gasteiger partial charge in [-0.05, 0) is 65.6 Å². The number of likely N-dealkylation sites (tertiary alicyclic amines) is 1. The second kappa shape index (κ2) is 8.22. The van der Waals surface area contributed by atoms with Gasteiger partial charge in [-0.3, -0.25) is 9.78 Å². The van der Waals surface area contributed by atoms with Crippen LogP contribution in [0.4, 0.5) is 16.2 Å². The van der Waals surface area contributed by atoms with Crippen LogP contribution in [0.25, 0.3) is 0 Å². The molecule has 0 saturated carbocycles. The van der Waals surface area contributed by atoms with Crippen LogP contribution in [0.2, 0.25) is 0 Å². The molecule has 0 radical (unpaired) electrons. The largest absolute Gasteiger partial charge is 0.322 e. The van der Waals surface area contributed by atoms with Gasteiger partial charge >= 0.3 is 6.03 Å². The lowest BCUT2D eigenvalue weighted by atomic mass is 10.1. The van der Waals surface area contributed by atoms with E-state index in [2.05, 4.69) is 27.1 Å². The Morgan fingerprint density at radius 2 is 1.96 bits per heavy atom. The first-order valence-electron chi connectivity index (χ1n) is 9.12. The summed E-state index contributed by atoms with van der Waals surface area (Å²) in [6.07, 6.45) is 5.11. The molecule has 1 fully saturated rings. The van der Waals surface area contributed by atoms with Crippen LogP contribution >= 0.6 is 11.3 Å². The number of hydrogen-bond acceptors (Lipinski definition) is 4. The third-order valence-corrected chi connectivity index (χ3v) is 5.44. The average Bonchev–Trinajstić information content (AvgIpc) is 3.40. The zero-order valence-corrected chi connectivity index (χ0v) is 16.0. The Hall–Kier alpha value is -3.19. The monoisotopic (exact) mass is 392 g/mol. The van der Waals surface area contributed by atoms with Crippen molar-refractivity contribution in [2.24, 2.45) is 0 Å². The lowest BCUT2D eigenvalue weighted by molar-refractivity contribution is 0.102. The lowest BCUT2D eigenvalue weighted by Gasteiger charge is -2.24.